The topological polar surface area (TPSA) is 93.0 Å². The Morgan fingerprint density at radius 3 is 3.31 bits per heavy atom. The molecule has 2 aliphatic rings. The highest BCUT2D eigenvalue weighted by Gasteiger charge is 2.52. The minimum Gasteiger partial charge on any atom is -0.376 e. The summed E-state index contributed by atoms with van der Waals surface area (Å²) >= 11 is 0. The van der Waals surface area contributed by atoms with Gasteiger partial charge in [-0.1, -0.05) is 0 Å². The highest BCUT2D eigenvalue weighted by atomic mass is 16.5. The number of fused-ring (bicyclic) bond motifs is 1. The summed E-state index contributed by atoms with van der Waals surface area (Å²) in [5.74, 6) is 0.235. The van der Waals surface area contributed by atoms with Crippen LogP contribution in [0.1, 0.15) is 16.9 Å². The standard InChI is InChI=1S/C10H14N4O2/c11-7-5-1-2-16-9(5)8(7)14-10(15)6-3-12-4-13-6/h3-5,7-9H,1-2,11H2,(H,12,13)(H,14,15). The van der Waals surface area contributed by atoms with Gasteiger partial charge >= 0.3 is 0 Å². The average molecular weight is 222 g/mol. The van der Waals surface area contributed by atoms with Gasteiger partial charge in [0.1, 0.15) is 5.69 Å². The molecule has 86 valence electrons. The molecule has 4 N–H and O–H groups in total. The summed E-state index contributed by atoms with van der Waals surface area (Å²) < 4.78 is 5.53. The summed E-state index contributed by atoms with van der Waals surface area (Å²) in [5, 5.41) is 2.88. The second-order valence-electron chi connectivity index (χ2n) is 4.33. The molecule has 2 fully saturated rings. The first-order chi connectivity index (χ1) is 7.77. The maximum atomic E-state index is 11.7. The van der Waals surface area contributed by atoms with E-state index in [0.29, 0.717) is 11.6 Å². The number of rotatable bonds is 2. The molecule has 1 amide bonds. The van der Waals surface area contributed by atoms with E-state index in [1.165, 1.54) is 12.5 Å². The Morgan fingerprint density at radius 1 is 1.69 bits per heavy atom. The van der Waals surface area contributed by atoms with Gasteiger partial charge in [0.05, 0.1) is 24.7 Å². The van der Waals surface area contributed by atoms with Gasteiger partial charge in [-0.3, -0.25) is 4.79 Å². The van der Waals surface area contributed by atoms with Crippen molar-refractivity contribution < 1.29 is 9.53 Å². The van der Waals surface area contributed by atoms with E-state index < -0.39 is 0 Å². The number of carbonyl (C=O) groups is 1. The van der Waals surface area contributed by atoms with E-state index in [9.17, 15) is 4.79 Å². The molecule has 0 radical (unpaired) electrons. The summed E-state index contributed by atoms with van der Waals surface area (Å²) in [6, 6.07) is -0.0531. The molecule has 1 aliphatic heterocycles. The largest absolute Gasteiger partial charge is 0.376 e. The van der Waals surface area contributed by atoms with Gasteiger partial charge in [0.15, 0.2) is 0 Å². The van der Waals surface area contributed by atoms with Crippen LogP contribution in [0.4, 0.5) is 0 Å². The average Bonchev–Trinajstić information content (AvgIpc) is 2.94. The Balaban J connectivity index is 1.65. The number of amides is 1. The van der Waals surface area contributed by atoms with Crippen molar-refractivity contribution in [1.82, 2.24) is 15.3 Å². The molecule has 1 saturated heterocycles. The van der Waals surface area contributed by atoms with E-state index in [1.54, 1.807) is 0 Å². The number of hydrogen-bond acceptors (Lipinski definition) is 4. The monoisotopic (exact) mass is 222 g/mol. The van der Waals surface area contributed by atoms with Gasteiger partial charge in [-0.05, 0) is 6.42 Å². The van der Waals surface area contributed by atoms with Crippen molar-refractivity contribution in [3.8, 4) is 0 Å². The van der Waals surface area contributed by atoms with Crippen molar-refractivity contribution in [2.45, 2.75) is 24.6 Å². The molecule has 4 unspecified atom stereocenters. The minimum atomic E-state index is -0.174. The summed E-state index contributed by atoms with van der Waals surface area (Å²) in [4.78, 5) is 18.3. The number of aromatic nitrogens is 2. The van der Waals surface area contributed by atoms with Gasteiger partial charge in [-0.2, -0.15) is 0 Å². The number of aromatic amines is 1. The van der Waals surface area contributed by atoms with E-state index in [2.05, 4.69) is 15.3 Å². The van der Waals surface area contributed by atoms with Crippen molar-refractivity contribution in [3.63, 3.8) is 0 Å². The molecule has 1 aromatic rings. The SMILES string of the molecule is NC1C2CCOC2C1NC(=O)c1cnc[nH]1. The molecule has 6 heteroatoms. The van der Waals surface area contributed by atoms with Crippen LogP contribution in [0.5, 0.6) is 0 Å². The maximum absolute atomic E-state index is 11.7. The van der Waals surface area contributed by atoms with Gasteiger partial charge in [0.25, 0.3) is 5.91 Å². The van der Waals surface area contributed by atoms with Crippen LogP contribution in [-0.2, 0) is 4.74 Å². The lowest BCUT2D eigenvalue weighted by molar-refractivity contribution is -0.0161. The van der Waals surface area contributed by atoms with Crippen molar-refractivity contribution >= 4 is 5.91 Å². The number of imidazole rings is 1. The van der Waals surface area contributed by atoms with Crippen molar-refractivity contribution in [3.05, 3.63) is 18.2 Å². The predicted octanol–water partition coefficient (Wildman–Crippen LogP) is -0.746. The van der Waals surface area contributed by atoms with E-state index in [0.717, 1.165) is 13.0 Å². The van der Waals surface area contributed by atoms with Gasteiger partial charge in [0, 0.05) is 18.6 Å². The third-order valence-corrected chi connectivity index (χ3v) is 3.49. The van der Waals surface area contributed by atoms with Crippen LogP contribution in [0, 0.1) is 5.92 Å². The van der Waals surface area contributed by atoms with Crippen molar-refractivity contribution in [1.29, 1.82) is 0 Å². The van der Waals surface area contributed by atoms with Gasteiger partial charge in [0.2, 0.25) is 0 Å². The fraction of sp³-hybridized carbons (Fsp3) is 0.600. The lowest BCUT2D eigenvalue weighted by Crippen LogP contribution is -2.68. The van der Waals surface area contributed by atoms with Crippen molar-refractivity contribution in [2.75, 3.05) is 6.61 Å². The number of nitrogens with zero attached hydrogens (tertiary/aromatic N) is 1. The lowest BCUT2D eigenvalue weighted by Gasteiger charge is -2.45. The lowest BCUT2D eigenvalue weighted by atomic mass is 9.72. The van der Waals surface area contributed by atoms with Gasteiger partial charge in [-0.15, -0.1) is 0 Å². The zero-order chi connectivity index (χ0) is 11.1. The summed E-state index contributed by atoms with van der Waals surface area (Å²) in [6.45, 7) is 0.749. The van der Waals surface area contributed by atoms with Gasteiger partial charge in [-0.25, -0.2) is 4.98 Å². The number of nitrogens with one attached hydrogen (secondary N) is 2. The Kier molecular flexibility index (Phi) is 2.19. The number of nitrogens with two attached hydrogens (primary N) is 1. The second-order valence-corrected chi connectivity index (χ2v) is 4.33. The number of carbonyl (C=O) groups excluding carboxylic acids is 1. The van der Waals surface area contributed by atoms with Crippen LogP contribution >= 0.6 is 0 Å². The molecule has 2 heterocycles. The molecule has 0 spiro atoms. The Labute approximate surface area is 92.6 Å². The first-order valence-corrected chi connectivity index (χ1v) is 5.44. The van der Waals surface area contributed by atoms with E-state index in [4.69, 9.17) is 10.5 Å². The quantitative estimate of drug-likeness (QED) is 0.614. The van der Waals surface area contributed by atoms with E-state index in [1.807, 2.05) is 0 Å². The summed E-state index contributed by atoms with van der Waals surface area (Å²) in [6.07, 6.45) is 4.07. The maximum Gasteiger partial charge on any atom is 0.269 e. The molecule has 3 rings (SSSR count). The molecule has 1 aromatic heterocycles. The van der Waals surface area contributed by atoms with Gasteiger partial charge < -0.3 is 20.8 Å². The Morgan fingerprint density at radius 2 is 2.56 bits per heavy atom. The van der Waals surface area contributed by atoms with Crippen LogP contribution in [0.2, 0.25) is 0 Å². The highest BCUT2D eigenvalue weighted by Crippen LogP contribution is 2.37. The van der Waals surface area contributed by atoms with Crippen LogP contribution in [0.25, 0.3) is 0 Å². The third-order valence-electron chi connectivity index (χ3n) is 3.49. The molecular formula is C10H14N4O2. The first kappa shape index (κ1) is 9.80. The Hall–Kier alpha value is -1.40. The van der Waals surface area contributed by atoms with Crippen LogP contribution in [0.15, 0.2) is 12.5 Å². The zero-order valence-electron chi connectivity index (χ0n) is 8.72. The smallest absolute Gasteiger partial charge is 0.269 e. The minimum absolute atomic E-state index is 0.0133. The first-order valence-electron chi connectivity index (χ1n) is 5.44. The summed E-state index contributed by atoms with van der Waals surface area (Å²) in [5.41, 5.74) is 6.44. The van der Waals surface area contributed by atoms with Crippen LogP contribution < -0.4 is 11.1 Å². The zero-order valence-corrected chi connectivity index (χ0v) is 8.72. The summed E-state index contributed by atoms with van der Waals surface area (Å²) in [7, 11) is 0. The van der Waals surface area contributed by atoms with E-state index >= 15 is 0 Å². The van der Waals surface area contributed by atoms with Crippen molar-refractivity contribution in [2.24, 2.45) is 11.7 Å². The number of ether oxygens (including phenoxy) is 1. The van der Waals surface area contributed by atoms with Crippen LogP contribution in [0.3, 0.4) is 0 Å². The highest BCUT2D eigenvalue weighted by molar-refractivity contribution is 5.92. The molecule has 0 bridgehead atoms. The Bertz CT molecular complexity index is 392. The normalized spacial score (nSPS) is 36.6. The fourth-order valence-electron chi connectivity index (χ4n) is 2.54. The van der Waals surface area contributed by atoms with Crippen LogP contribution in [-0.4, -0.2) is 40.7 Å². The number of H-pyrrole nitrogens is 1. The molecule has 0 aromatic carbocycles. The molecule has 16 heavy (non-hydrogen) atoms. The second kappa shape index (κ2) is 3.57. The molecular weight excluding hydrogens is 208 g/mol. The third kappa shape index (κ3) is 1.34. The predicted molar refractivity (Wildman–Crippen MR) is 55.7 cm³/mol. The fourth-order valence-corrected chi connectivity index (χ4v) is 2.54. The number of hydrogen-bond donors (Lipinski definition) is 3. The molecule has 1 saturated carbocycles. The van der Waals surface area contributed by atoms with E-state index in [-0.39, 0.29) is 24.1 Å². The molecule has 1 aliphatic carbocycles. The molecule has 6 nitrogen and oxygen atoms in total. The molecule has 4 atom stereocenters.